The Labute approximate surface area is 129 Å². The molecule has 2 saturated heterocycles. The molecule has 1 N–H and O–H groups in total. The van der Waals surface area contributed by atoms with E-state index in [2.05, 4.69) is 22.1 Å². The number of aryl methyl sites for hydroxylation is 1. The second-order valence-electron chi connectivity index (χ2n) is 6.06. The number of amides is 1. The van der Waals surface area contributed by atoms with E-state index >= 15 is 0 Å². The second kappa shape index (κ2) is 6.42. The normalized spacial score (nSPS) is 29.9. The average Bonchev–Trinajstić information content (AvgIpc) is 2.91. The van der Waals surface area contributed by atoms with E-state index in [-0.39, 0.29) is 11.8 Å². The molecule has 0 saturated carbocycles. The van der Waals surface area contributed by atoms with Crippen molar-refractivity contribution in [2.24, 2.45) is 11.8 Å². The van der Waals surface area contributed by atoms with Crippen LogP contribution >= 0.6 is 11.3 Å². The summed E-state index contributed by atoms with van der Waals surface area (Å²) >= 11 is 1.73. The van der Waals surface area contributed by atoms with Crippen molar-refractivity contribution in [3.05, 3.63) is 16.1 Å². The number of ether oxygens (including phenoxy) is 1. The topological polar surface area (TPSA) is 54.5 Å². The largest absolute Gasteiger partial charge is 0.377 e. The van der Waals surface area contributed by atoms with E-state index in [0.29, 0.717) is 18.6 Å². The van der Waals surface area contributed by atoms with Crippen LogP contribution in [0.2, 0.25) is 0 Å². The van der Waals surface area contributed by atoms with Crippen LogP contribution in [0.25, 0.3) is 0 Å². The Kier molecular flexibility index (Phi) is 4.57. The van der Waals surface area contributed by atoms with E-state index < -0.39 is 0 Å². The number of carbonyl (C=O) groups excluding carboxylic acids is 1. The van der Waals surface area contributed by atoms with Gasteiger partial charge in [-0.3, -0.25) is 9.69 Å². The Bertz CT molecular complexity index is 505. The summed E-state index contributed by atoms with van der Waals surface area (Å²) in [6, 6.07) is 0. The quantitative estimate of drug-likeness (QED) is 0.917. The van der Waals surface area contributed by atoms with Crippen molar-refractivity contribution in [3.63, 3.8) is 0 Å². The molecule has 2 aliphatic heterocycles. The number of fused-ring (bicyclic) bond motifs is 1. The lowest BCUT2D eigenvalue weighted by Crippen LogP contribution is -2.49. The number of nitrogens with zero attached hydrogens (tertiary/aromatic N) is 2. The van der Waals surface area contributed by atoms with Crippen LogP contribution in [0.3, 0.4) is 0 Å². The zero-order valence-corrected chi connectivity index (χ0v) is 13.5. The number of nitrogens with one attached hydrogen (secondary N) is 1. The number of aromatic nitrogens is 1. The molecule has 0 aliphatic carbocycles. The van der Waals surface area contributed by atoms with Gasteiger partial charge >= 0.3 is 0 Å². The summed E-state index contributed by atoms with van der Waals surface area (Å²) in [5.41, 5.74) is 3.06. The molecule has 1 amide bonds. The maximum Gasteiger partial charge on any atom is 0.225 e. The highest BCUT2D eigenvalue weighted by Crippen LogP contribution is 2.32. The van der Waals surface area contributed by atoms with E-state index in [0.717, 1.165) is 38.2 Å². The van der Waals surface area contributed by atoms with E-state index in [4.69, 9.17) is 4.74 Å². The van der Waals surface area contributed by atoms with Gasteiger partial charge in [-0.1, -0.05) is 0 Å². The number of hydrogen-bond donors (Lipinski definition) is 1. The first-order chi connectivity index (χ1) is 10.2. The molecule has 6 heteroatoms. The highest BCUT2D eigenvalue weighted by molar-refractivity contribution is 7.09. The van der Waals surface area contributed by atoms with Crippen LogP contribution < -0.4 is 5.32 Å². The van der Waals surface area contributed by atoms with Crippen molar-refractivity contribution in [1.82, 2.24) is 15.2 Å². The maximum absolute atomic E-state index is 11.8. The van der Waals surface area contributed by atoms with E-state index in [1.54, 1.807) is 18.4 Å². The Balaban J connectivity index is 1.60. The van der Waals surface area contributed by atoms with Gasteiger partial charge in [-0.15, -0.1) is 11.3 Å². The van der Waals surface area contributed by atoms with E-state index in [1.807, 2.05) is 5.51 Å². The van der Waals surface area contributed by atoms with Gasteiger partial charge in [-0.2, -0.15) is 0 Å². The van der Waals surface area contributed by atoms with Crippen LogP contribution in [-0.2, 0) is 16.1 Å². The zero-order valence-electron chi connectivity index (χ0n) is 12.7. The third kappa shape index (κ3) is 3.27. The Morgan fingerprint density at radius 2 is 2.48 bits per heavy atom. The van der Waals surface area contributed by atoms with Crippen molar-refractivity contribution >= 4 is 17.2 Å². The second-order valence-corrected chi connectivity index (χ2v) is 7.00. The van der Waals surface area contributed by atoms with Crippen molar-refractivity contribution in [2.45, 2.75) is 32.4 Å². The fraction of sp³-hybridized carbons (Fsp3) is 0.733. The highest BCUT2D eigenvalue weighted by Gasteiger charge is 2.38. The number of rotatable bonds is 3. The molecule has 0 spiro atoms. The minimum atomic E-state index is 0.0151. The molecule has 21 heavy (non-hydrogen) atoms. The molecule has 3 atom stereocenters. The maximum atomic E-state index is 11.8. The first-order valence-electron chi connectivity index (χ1n) is 7.62. The molecule has 0 aromatic carbocycles. The minimum absolute atomic E-state index is 0.0151. The molecule has 2 aliphatic rings. The van der Waals surface area contributed by atoms with Gasteiger partial charge in [0, 0.05) is 31.6 Å². The smallest absolute Gasteiger partial charge is 0.225 e. The number of hydrogen-bond acceptors (Lipinski definition) is 5. The Morgan fingerprint density at radius 1 is 1.62 bits per heavy atom. The average molecular weight is 309 g/mol. The summed E-state index contributed by atoms with van der Waals surface area (Å²) < 4.78 is 5.93. The van der Waals surface area contributed by atoms with Crippen molar-refractivity contribution < 1.29 is 9.53 Å². The SMILES string of the molecule is CNC(=O)[C@@H]1CO[C@@H]2CCN(Cc3scnc3C)C[C@@H]2C1. The van der Waals surface area contributed by atoms with Gasteiger partial charge in [0.1, 0.15) is 0 Å². The number of carbonyl (C=O) groups is 1. The highest BCUT2D eigenvalue weighted by atomic mass is 32.1. The molecule has 0 unspecified atom stereocenters. The zero-order chi connectivity index (χ0) is 14.8. The monoisotopic (exact) mass is 309 g/mol. The van der Waals surface area contributed by atoms with Gasteiger partial charge < -0.3 is 10.1 Å². The molecule has 1 aromatic heterocycles. The van der Waals surface area contributed by atoms with Gasteiger partial charge in [0.15, 0.2) is 0 Å². The van der Waals surface area contributed by atoms with Crippen LogP contribution in [0.15, 0.2) is 5.51 Å². The van der Waals surface area contributed by atoms with Crippen LogP contribution in [-0.4, -0.2) is 48.6 Å². The summed E-state index contributed by atoms with van der Waals surface area (Å²) in [4.78, 5) is 20.0. The fourth-order valence-electron chi connectivity index (χ4n) is 3.42. The van der Waals surface area contributed by atoms with Crippen LogP contribution in [0.1, 0.15) is 23.4 Å². The summed E-state index contributed by atoms with van der Waals surface area (Å²) in [6.07, 6.45) is 2.36. The predicted molar refractivity (Wildman–Crippen MR) is 82.1 cm³/mol. The van der Waals surface area contributed by atoms with Crippen LogP contribution in [0.5, 0.6) is 0 Å². The fourth-order valence-corrected chi connectivity index (χ4v) is 4.23. The molecule has 1 aromatic rings. The molecule has 5 nitrogen and oxygen atoms in total. The van der Waals surface area contributed by atoms with Gasteiger partial charge in [0.25, 0.3) is 0 Å². The lowest BCUT2D eigenvalue weighted by Gasteiger charge is -2.43. The van der Waals surface area contributed by atoms with Crippen LogP contribution in [0, 0.1) is 18.8 Å². The number of thiazole rings is 1. The summed E-state index contributed by atoms with van der Waals surface area (Å²) in [6.45, 7) is 5.72. The van der Waals surface area contributed by atoms with E-state index in [1.165, 1.54) is 4.88 Å². The Hall–Kier alpha value is -0.980. The van der Waals surface area contributed by atoms with Gasteiger partial charge in [0.2, 0.25) is 5.91 Å². The third-order valence-electron chi connectivity index (χ3n) is 4.68. The predicted octanol–water partition coefficient (Wildman–Crippen LogP) is 1.42. The molecule has 3 rings (SSSR count). The van der Waals surface area contributed by atoms with Crippen LogP contribution in [0.4, 0.5) is 0 Å². The lowest BCUT2D eigenvalue weighted by molar-refractivity contribution is -0.138. The number of piperidine rings is 1. The summed E-state index contributed by atoms with van der Waals surface area (Å²) in [5.74, 6) is 0.605. The van der Waals surface area contributed by atoms with Crippen molar-refractivity contribution in [3.8, 4) is 0 Å². The Morgan fingerprint density at radius 3 is 3.19 bits per heavy atom. The molecule has 2 fully saturated rings. The lowest BCUT2D eigenvalue weighted by atomic mass is 9.83. The van der Waals surface area contributed by atoms with Gasteiger partial charge in [-0.25, -0.2) is 4.98 Å². The van der Waals surface area contributed by atoms with Gasteiger partial charge in [-0.05, 0) is 25.7 Å². The first kappa shape index (κ1) is 14.9. The minimum Gasteiger partial charge on any atom is -0.377 e. The molecule has 116 valence electrons. The van der Waals surface area contributed by atoms with Gasteiger partial charge in [0.05, 0.1) is 29.8 Å². The van der Waals surface area contributed by atoms with Crippen molar-refractivity contribution in [1.29, 1.82) is 0 Å². The molecule has 3 heterocycles. The first-order valence-corrected chi connectivity index (χ1v) is 8.50. The molecular weight excluding hydrogens is 286 g/mol. The molecule has 0 radical (unpaired) electrons. The molecule has 0 bridgehead atoms. The van der Waals surface area contributed by atoms with Crippen molar-refractivity contribution in [2.75, 3.05) is 26.7 Å². The standard InChI is InChI=1S/C15H23N3O2S/c1-10-14(21-9-17-10)7-18-4-3-13-11(6-18)5-12(8-20-13)15(19)16-2/h9,11-13H,3-8H2,1-2H3,(H,16,19)/t11-,12-,13+/m0/s1. The van der Waals surface area contributed by atoms with E-state index in [9.17, 15) is 4.79 Å². The number of likely N-dealkylation sites (tertiary alicyclic amines) is 1. The third-order valence-corrected chi connectivity index (χ3v) is 5.60. The summed E-state index contributed by atoms with van der Waals surface area (Å²) in [5, 5.41) is 2.75. The molecular formula is C15H23N3O2S. The summed E-state index contributed by atoms with van der Waals surface area (Å²) in [7, 11) is 1.70.